The van der Waals surface area contributed by atoms with E-state index < -0.39 is 5.97 Å². The first-order valence-corrected chi connectivity index (χ1v) is 4.21. The molecule has 0 radical (unpaired) electrons. The maximum Gasteiger partial charge on any atom is 0.307 e. The number of rotatable bonds is 3. The molecule has 4 nitrogen and oxygen atoms in total. The first-order chi connectivity index (χ1) is 6.95. The smallest absolute Gasteiger partial charge is 0.307 e. The van der Waals surface area contributed by atoms with E-state index in [9.17, 15) is 9.59 Å². The number of halogens is 1. The number of ether oxygens (including phenoxy) is 1. The summed E-state index contributed by atoms with van der Waals surface area (Å²) >= 11 is 4.76. The number of carboxylic acids is 1. The van der Waals surface area contributed by atoms with Crippen LogP contribution in [0, 0.1) is 0 Å². The molecule has 0 aromatic carbocycles. The van der Waals surface area contributed by atoms with Crippen LogP contribution in [0.1, 0.15) is 13.3 Å². The second-order valence-corrected chi connectivity index (χ2v) is 2.13. The summed E-state index contributed by atoms with van der Waals surface area (Å²) < 4.78 is 4.17. The third kappa shape index (κ3) is 68.7. The maximum atomic E-state index is 9.75. The van der Waals surface area contributed by atoms with E-state index >= 15 is 0 Å². The second-order valence-electron chi connectivity index (χ2n) is 1.82. The van der Waals surface area contributed by atoms with Crippen molar-refractivity contribution in [3.63, 3.8) is 0 Å². The SMILES string of the molecule is C=CCC(=O)O.C=CCl.C=COC(C)=O. The number of hydrogen-bond donors (Lipinski definition) is 1. The van der Waals surface area contributed by atoms with Gasteiger partial charge in [0.05, 0.1) is 12.7 Å². The van der Waals surface area contributed by atoms with Crippen molar-refractivity contribution in [2.45, 2.75) is 13.3 Å². The van der Waals surface area contributed by atoms with E-state index in [4.69, 9.17) is 16.7 Å². The van der Waals surface area contributed by atoms with Gasteiger partial charge in [0.25, 0.3) is 0 Å². The number of hydrogen-bond acceptors (Lipinski definition) is 3. The maximum absolute atomic E-state index is 9.75. The molecule has 5 heteroatoms. The lowest BCUT2D eigenvalue weighted by Gasteiger charge is -1.83. The van der Waals surface area contributed by atoms with Gasteiger partial charge in [0.15, 0.2) is 0 Å². The van der Waals surface area contributed by atoms with Crippen LogP contribution in [0.15, 0.2) is 37.6 Å². The molecule has 0 amide bonds. The van der Waals surface area contributed by atoms with E-state index in [0.717, 1.165) is 6.26 Å². The average Bonchev–Trinajstić information content (AvgIpc) is 2.05. The Morgan fingerprint density at radius 1 is 1.40 bits per heavy atom. The largest absolute Gasteiger partial charge is 0.481 e. The topological polar surface area (TPSA) is 63.6 Å². The number of carbonyl (C=O) groups is 2. The number of esters is 1. The molecule has 0 aliphatic heterocycles. The van der Waals surface area contributed by atoms with Gasteiger partial charge >= 0.3 is 11.9 Å². The molecule has 0 bridgehead atoms. The fraction of sp³-hybridized carbons (Fsp3) is 0.200. The predicted octanol–water partition coefficient (Wildman–Crippen LogP) is 2.71. The first-order valence-electron chi connectivity index (χ1n) is 3.78. The zero-order chi connectivity index (χ0) is 12.7. The summed E-state index contributed by atoms with van der Waals surface area (Å²) in [6.45, 7) is 10.8. The van der Waals surface area contributed by atoms with E-state index in [1.807, 2.05) is 0 Å². The van der Waals surface area contributed by atoms with Crippen LogP contribution in [0.3, 0.4) is 0 Å². The monoisotopic (exact) mass is 234 g/mol. The zero-order valence-electron chi connectivity index (χ0n) is 8.61. The van der Waals surface area contributed by atoms with Crippen molar-refractivity contribution in [2.24, 2.45) is 0 Å². The highest BCUT2D eigenvalue weighted by molar-refractivity contribution is 6.25. The Hall–Kier alpha value is -1.55. The number of carbonyl (C=O) groups excluding carboxylic acids is 1. The molecule has 0 saturated carbocycles. The van der Waals surface area contributed by atoms with Crippen LogP contribution in [-0.2, 0) is 14.3 Å². The molecular formula is C10H15ClO4. The minimum atomic E-state index is -0.829. The van der Waals surface area contributed by atoms with E-state index in [1.54, 1.807) is 0 Å². The Labute approximate surface area is 94.5 Å². The van der Waals surface area contributed by atoms with Crippen molar-refractivity contribution in [1.82, 2.24) is 0 Å². The standard InChI is InChI=1S/2C4H6O2.C2H3Cl/c1-3-6-4(2)5;1-2-3-4(5)6;1-2-3/h3H,1H2,2H3;2H,1,3H2,(H,5,6);2H,1H2. The highest BCUT2D eigenvalue weighted by Gasteiger charge is 1.84. The summed E-state index contributed by atoms with van der Waals surface area (Å²) in [6.07, 6.45) is 2.50. The van der Waals surface area contributed by atoms with Crippen molar-refractivity contribution < 1.29 is 19.4 Å². The van der Waals surface area contributed by atoms with E-state index in [1.165, 1.54) is 18.5 Å². The third-order valence-electron chi connectivity index (χ3n) is 0.568. The molecule has 0 aromatic rings. The summed E-state index contributed by atoms with van der Waals surface area (Å²) in [5, 5.41) is 7.84. The lowest BCUT2D eigenvalue weighted by molar-refractivity contribution is -0.136. The van der Waals surface area contributed by atoms with Crippen molar-refractivity contribution in [1.29, 1.82) is 0 Å². The van der Waals surface area contributed by atoms with Crippen LogP contribution >= 0.6 is 11.6 Å². The Morgan fingerprint density at radius 3 is 1.80 bits per heavy atom. The van der Waals surface area contributed by atoms with Crippen LogP contribution < -0.4 is 0 Å². The van der Waals surface area contributed by atoms with E-state index in [0.29, 0.717) is 0 Å². The van der Waals surface area contributed by atoms with Crippen LogP contribution in [0.5, 0.6) is 0 Å². The molecular weight excluding hydrogens is 220 g/mol. The summed E-state index contributed by atoms with van der Waals surface area (Å²) in [4.78, 5) is 19.3. The quantitative estimate of drug-likeness (QED) is 0.463. The van der Waals surface area contributed by atoms with Gasteiger partial charge in [-0.05, 0) is 5.54 Å². The minimum Gasteiger partial charge on any atom is -0.481 e. The third-order valence-corrected chi connectivity index (χ3v) is 0.568. The number of aliphatic carboxylic acids is 1. The van der Waals surface area contributed by atoms with Crippen LogP contribution in [0.2, 0.25) is 0 Å². The van der Waals surface area contributed by atoms with Crippen molar-refractivity contribution in [3.8, 4) is 0 Å². The lowest BCUT2D eigenvalue weighted by atomic mass is 10.4. The van der Waals surface area contributed by atoms with Gasteiger partial charge in [0.2, 0.25) is 0 Å². The molecule has 15 heavy (non-hydrogen) atoms. The van der Waals surface area contributed by atoms with Crippen LogP contribution in [0.25, 0.3) is 0 Å². The van der Waals surface area contributed by atoms with Gasteiger partial charge in [-0.25, -0.2) is 0 Å². The van der Waals surface area contributed by atoms with Crippen molar-refractivity contribution in [3.05, 3.63) is 37.6 Å². The molecule has 0 aliphatic carbocycles. The summed E-state index contributed by atoms with van der Waals surface area (Å²) in [5.41, 5.74) is 1.22. The minimum absolute atomic E-state index is 0.0556. The van der Waals surface area contributed by atoms with Crippen LogP contribution in [-0.4, -0.2) is 17.0 Å². The number of carboxylic acid groups (broad SMARTS) is 1. The van der Waals surface area contributed by atoms with Crippen LogP contribution in [0.4, 0.5) is 0 Å². The highest BCUT2D eigenvalue weighted by Crippen LogP contribution is 1.74. The van der Waals surface area contributed by atoms with Gasteiger partial charge in [-0.2, -0.15) is 0 Å². The summed E-state index contributed by atoms with van der Waals surface area (Å²) in [5.74, 6) is -1.16. The molecule has 0 spiro atoms. The predicted molar refractivity (Wildman–Crippen MR) is 60.5 cm³/mol. The van der Waals surface area contributed by atoms with Gasteiger partial charge < -0.3 is 9.84 Å². The Morgan fingerprint density at radius 2 is 1.80 bits per heavy atom. The average molecular weight is 235 g/mol. The normalized spacial score (nSPS) is 6.53. The fourth-order valence-electron chi connectivity index (χ4n) is 0.241. The van der Waals surface area contributed by atoms with E-state index in [-0.39, 0.29) is 12.4 Å². The van der Waals surface area contributed by atoms with E-state index in [2.05, 4.69) is 24.5 Å². The van der Waals surface area contributed by atoms with Crippen molar-refractivity contribution in [2.75, 3.05) is 0 Å². The Kier molecular flexibility index (Phi) is 23.3. The Bertz CT molecular complexity index is 191. The van der Waals surface area contributed by atoms with Gasteiger partial charge in [-0.3, -0.25) is 9.59 Å². The molecule has 0 atom stereocenters. The second kappa shape index (κ2) is 18.3. The highest BCUT2D eigenvalue weighted by atomic mass is 35.5. The molecule has 0 aliphatic rings. The molecule has 1 N–H and O–H groups in total. The Balaban J connectivity index is -0.000000153. The van der Waals surface area contributed by atoms with Gasteiger partial charge in [-0.1, -0.05) is 30.8 Å². The van der Waals surface area contributed by atoms with Gasteiger partial charge in [-0.15, -0.1) is 6.58 Å². The molecule has 86 valence electrons. The fourth-order valence-corrected chi connectivity index (χ4v) is 0.241. The van der Waals surface area contributed by atoms with Gasteiger partial charge in [0, 0.05) is 6.92 Å². The van der Waals surface area contributed by atoms with Gasteiger partial charge in [0.1, 0.15) is 0 Å². The first kappa shape index (κ1) is 19.1. The lowest BCUT2D eigenvalue weighted by Crippen LogP contribution is -1.88. The molecule has 0 rings (SSSR count). The zero-order valence-corrected chi connectivity index (χ0v) is 9.37. The molecule has 0 unspecified atom stereocenters. The van der Waals surface area contributed by atoms with Crippen molar-refractivity contribution >= 4 is 23.5 Å². The molecule has 0 fully saturated rings. The summed E-state index contributed by atoms with van der Waals surface area (Å²) in [6, 6.07) is 0. The molecule has 0 aromatic heterocycles. The summed E-state index contributed by atoms with van der Waals surface area (Å²) in [7, 11) is 0. The molecule has 0 heterocycles. The molecule has 0 saturated heterocycles.